The molecule has 0 saturated heterocycles. The van der Waals surface area contributed by atoms with Crippen molar-refractivity contribution in [3.05, 3.63) is 33.7 Å². The SMILES string of the molecule is CCCCCC1CCC(OC[C@H]2[C@@H](NS(=O)(=O)C3CC3)CCc3ccc(C)c(=O)n32)CC1. The van der Waals surface area contributed by atoms with E-state index in [9.17, 15) is 13.2 Å². The molecule has 1 aromatic heterocycles. The lowest BCUT2D eigenvalue weighted by Gasteiger charge is -2.37. The molecule has 32 heavy (non-hydrogen) atoms. The Bertz CT molecular complexity index is 930. The van der Waals surface area contributed by atoms with Gasteiger partial charge >= 0.3 is 0 Å². The number of ether oxygens (including phenoxy) is 1. The lowest BCUT2D eigenvalue weighted by atomic mass is 9.84. The highest BCUT2D eigenvalue weighted by atomic mass is 32.2. The normalized spacial score (nSPS) is 28.4. The van der Waals surface area contributed by atoms with Crippen molar-refractivity contribution in [3.63, 3.8) is 0 Å². The molecule has 2 heterocycles. The first-order valence-electron chi connectivity index (χ1n) is 12.7. The molecule has 1 N–H and O–H groups in total. The average Bonchev–Trinajstić information content (AvgIpc) is 3.63. The molecule has 1 aliphatic heterocycles. The second-order valence-electron chi connectivity index (χ2n) is 10.2. The summed E-state index contributed by atoms with van der Waals surface area (Å²) < 4.78 is 36.5. The summed E-state index contributed by atoms with van der Waals surface area (Å²) >= 11 is 0. The van der Waals surface area contributed by atoms with Gasteiger partial charge in [0.2, 0.25) is 10.0 Å². The molecule has 7 heteroatoms. The Morgan fingerprint density at radius 1 is 1.06 bits per heavy atom. The first kappa shape index (κ1) is 24.0. The highest BCUT2D eigenvalue weighted by Crippen LogP contribution is 2.33. The maximum atomic E-state index is 13.0. The smallest absolute Gasteiger partial charge is 0.254 e. The van der Waals surface area contributed by atoms with E-state index in [2.05, 4.69) is 11.6 Å². The molecule has 0 amide bonds. The van der Waals surface area contributed by atoms with Gasteiger partial charge in [0.25, 0.3) is 5.56 Å². The zero-order valence-electron chi connectivity index (χ0n) is 19.7. The Labute approximate surface area is 193 Å². The van der Waals surface area contributed by atoms with Crippen LogP contribution < -0.4 is 10.3 Å². The van der Waals surface area contributed by atoms with Crippen LogP contribution in [-0.2, 0) is 21.2 Å². The molecule has 0 spiro atoms. The molecule has 2 fully saturated rings. The Balaban J connectivity index is 1.43. The molecule has 6 nitrogen and oxygen atoms in total. The fourth-order valence-electron chi connectivity index (χ4n) is 5.45. The average molecular weight is 465 g/mol. The van der Waals surface area contributed by atoms with Crippen LogP contribution >= 0.6 is 0 Å². The Kier molecular flexibility index (Phi) is 7.78. The predicted octanol–water partition coefficient (Wildman–Crippen LogP) is 4.25. The number of nitrogens with zero attached hydrogens (tertiary/aromatic N) is 1. The number of nitrogens with one attached hydrogen (secondary N) is 1. The van der Waals surface area contributed by atoms with Gasteiger partial charge in [0.15, 0.2) is 0 Å². The van der Waals surface area contributed by atoms with Gasteiger partial charge in [0.05, 0.1) is 24.0 Å². The molecule has 0 unspecified atom stereocenters. The lowest BCUT2D eigenvalue weighted by molar-refractivity contribution is -0.00747. The summed E-state index contributed by atoms with van der Waals surface area (Å²) in [5.74, 6) is 0.820. The summed E-state index contributed by atoms with van der Waals surface area (Å²) in [5, 5.41) is -0.261. The second-order valence-corrected chi connectivity index (χ2v) is 12.2. The summed E-state index contributed by atoms with van der Waals surface area (Å²) in [4.78, 5) is 13.0. The van der Waals surface area contributed by atoms with E-state index in [1.165, 1.54) is 38.5 Å². The third-order valence-electron chi connectivity index (χ3n) is 7.69. The molecule has 4 rings (SSSR count). The van der Waals surface area contributed by atoms with E-state index < -0.39 is 10.0 Å². The maximum absolute atomic E-state index is 13.0. The van der Waals surface area contributed by atoms with Crippen LogP contribution in [0.25, 0.3) is 0 Å². The van der Waals surface area contributed by atoms with Crippen LogP contribution in [0.15, 0.2) is 16.9 Å². The third-order valence-corrected chi connectivity index (χ3v) is 9.67. The quantitative estimate of drug-likeness (QED) is 0.525. The first-order chi connectivity index (χ1) is 15.4. The fraction of sp³-hybridized carbons (Fsp3) is 0.800. The molecular weight excluding hydrogens is 424 g/mol. The molecule has 0 aromatic carbocycles. The minimum atomic E-state index is -3.33. The highest BCUT2D eigenvalue weighted by Gasteiger charge is 2.40. The van der Waals surface area contributed by atoms with Gasteiger partial charge in [-0.2, -0.15) is 0 Å². The number of aryl methyl sites for hydroxylation is 2. The Morgan fingerprint density at radius 3 is 2.50 bits per heavy atom. The van der Waals surface area contributed by atoms with Gasteiger partial charge in [0, 0.05) is 17.3 Å². The van der Waals surface area contributed by atoms with Crippen LogP contribution in [0.3, 0.4) is 0 Å². The van der Waals surface area contributed by atoms with Crippen LogP contribution in [-0.4, -0.2) is 37.0 Å². The Hall–Kier alpha value is -1.18. The Morgan fingerprint density at radius 2 is 1.81 bits per heavy atom. The van der Waals surface area contributed by atoms with E-state index in [0.29, 0.717) is 25.0 Å². The zero-order chi connectivity index (χ0) is 22.7. The number of rotatable bonds is 10. The monoisotopic (exact) mass is 464 g/mol. The molecule has 3 aliphatic rings. The minimum absolute atomic E-state index is 0.0222. The van der Waals surface area contributed by atoms with Gasteiger partial charge in [-0.25, -0.2) is 13.1 Å². The first-order valence-corrected chi connectivity index (χ1v) is 14.3. The maximum Gasteiger partial charge on any atom is 0.254 e. The highest BCUT2D eigenvalue weighted by molar-refractivity contribution is 7.90. The summed E-state index contributed by atoms with van der Waals surface area (Å²) in [5.41, 5.74) is 1.65. The van der Waals surface area contributed by atoms with E-state index in [0.717, 1.165) is 37.3 Å². The molecule has 0 radical (unpaired) electrons. The van der Waals surface area contributed by atoms with E-state index in [-0.39, 0.29) is 29.0 Å². The molecule has 2 aliphatic carbocycles. The van der Waals surface area contributed by atoms with Crippen molar-refractivity contribution in [2.75, 3.05) is 6.61 Å². The third kappa shape index (κ3) is 5.65. The van der Waals surface area contributed by atoms with Crippen molar-refractivity contribution in [2.45, 2.75) is 114 Å². The van der Waals surface area contributed by atoms with Gasteiger partial charge in [-0.1, -0.05) is 38.7 Å². The van der Waals surface area contributed by atoms with Gasteiger partial charge in [-0.3, -0.25) is 4.79 Å². The molecule has 0 bridgehead atoms. The van der Waals surface area contributed by atoms with E-state index >= 15 is 0 Å². The number of unbranched alkanes of at least 4 members (excludes halogenated alkanes) is 2. The largest absolute Gasteiger partial charge is 0.376 e. The van der Waals surface area contributed by atoms with Gasteiger partial charge in [0.1, 0.15) is 0 Å². The summed E-state index contributed by atoms with van der Waals surface area (Å²) in [7, 11) is -3.33. The number of hydrogen-bond donors (Lipinski definition) is 1. The van der Waals surface area contributed by atoms with Crippen molar-refractivity contribution >= 4 is 10.0 Å². The molecule has 1 aromatic rings. The van der Waals surface area contributed by atoms with Crippen LogP contribution in [0.2, 0.25) is 0 Å². The van der Waals surface area contributed by atoms with E-state index in [1.54, 1.807) is 0 Å². The molecular formula is C25H40N2O4S. The summed E-state index contributed by atoms with van der Waals surface area (Å²) in [6, 6.07) is 3.30. The lowest BCUT2D eigenvalue weighted by Crippen LogP contribution is -2.50. The number of hydrogen-bond acceptors (Lipinski definition) is 4. The van der Waals surface area contributed by atoms with Gasteiger partial charge in [-0.15, -0.1) is 0 Å². The van der Waals surface area contributed by atoms with Crippen molar-refractivity contribution < 1.29 is 13.2 Å². The number of aromatic nitrogens is 1. The standard InChI is InChI=1S/C25H40N2O4S/c1-3-4-5-6-19-8-12-21(13-9-19)31-17-24-23(26-32(29,30)22-14-15-22)16-11-20-10-7-18(2)25(28)27(20)24/h7,10,19,21-24,26H,3-6,8-9,11-17H2,1-2H3/t19?,21?,23-,24-/m0/s1. The molecule has 2 atom stereocenters. The summed E-state index contributed by atoms with van der Waals surface area (Å²) in [6.45, 7) is 4.46. The fourth-order valence-corrected chi connectivity index (χ4v) is 7.10. The number of fused-ring (bicyclic) bond motifs is 1. The number of pyridine rings is 1. The molecule has 180 valence electrons. The van der Waals surface area contributed by atoms with E-state index in [1.807, 2.05) is 23.6 Å². The predicted molar refractivity (Wildman–Crippen MR) is 128 cm³/mol. The van der Waals surface area contributed by atoms with Gasteiger partial charge < -0.3 is 9.30 Å². The van der Waals surface area contributed by atoms with Crippen LogP contribution in [0.1, 0.15) is 94.9 Å². The topological polar surface area (TPSA) is 77.4 Å². The number of sulfonamides is 1. The molecule has 2 saturated carbocycles. The zero-order valence-corrected chi connectivity index (χ0v) is 20.5. The van der Waals surface area contributed by atoms with Gasteiger partial charge in [-0.05, 0) is 70.3 Å². The van der Waals surface area contributed by atoms with Crippen molar-refractivity contribution in [1.29, 1.82) is 0 Å². The van der Waals surface area contributed by atoms with E-state index in [4.69, 9.17) is 4.74 Å². The van der Waals surface area contributed by atoms with Crippen molar-refractivity contribution in [2.24, 2.45) is 5.92 Å². The van der Waals surface area contributed by atoms with Crippen molar-refractivity contribution in [1.82, 2.24) is 9.29 Å². The minimum Gasteiger partial charge on any atom is -0.376 e. The van der Waals surface area contributed by atoms with Crippen LogP contribution in [0, 0.1) is 12.8 Å². The summed E-state index contributed by atoms with van der Waals surface area (Å²) in [6.07, 6.45) is 12.9. The van der Waals surface area contributed by atoms with Crippen LogP contribution in [0.4, 0.5) is 0 Å². The second kappa shape index (κ2) is 10.4. The van der Waals surface area contributed by atoms with Crippen LogP contribution in [0.5, 0.6) is 0 Å². The van der Waals surface area contributed by atoms with Crippen molar-refractivity contribution in [3.8, 4) is 0 Å².